The second-order valence-electron chi connectivity index (χ2n) is 8.44. The number of aromatic nitrogens is 6. The molecule has 0 saturated carbocycles. The molecule has 5 rings (SSSR count). The van der Waals surface area contributed by atoms with Crippen LogP contribution < -0.4 is 9.47 Å². The number of hydrogen-bond acceptors (Lipinski definition) is 8. The summed E-state index contributed by atoms with van der Waals surface area (Å²) in [6.07, 6.45) is -4.51. The number of H-pyrrole nitrogens is 1. The Kier molecular flexibility index (Phi) is 5.97. The molecule has 2 aliphatic rings. The third-order valence-electron chi connectivity index (χ3n) is 5.88. The van der Waals surface area contributed by atoms with Crippen molar-refractivity contribution in [2.75, 3.05) is 19.6 Å². The SMILES string of the molecule is CC1CN(C(=O)Oc2ccc(OC(F)(F)F)cc2)CCc2nc(C(=O)N3CCc4[nH]nnc4C3)nn21. The molecule has 0 saturated heterocycles. The number of alkyl halides is 3. The number of rotatable bonds is 3. The number of benzene rings is 1. The van der Waals surface area contributed by atoms with Crippen molar-refractivity contribution in [1.82, 2.24) is 40.0 Å². The Morgan fingerprint density at radius 1 is 1.08 bits per heavy atom. The summed E-state index contributed by atoms with van der Waals surface area (Å²) < 4.78 is 47.7. The molecule has 1 unspecified atom stereocenters. The van der Waals surface area contributed by atoms with E-state index in [0.29, 0.717) is 31.8 Å². The smallest absolute Gasteiger partial charge is 0.410 e. The number of halogens is 3. The Balaban J connectivity index is 1.21. The zero-order chi connectivity index (χ0) is 25.4. The third-order valence-corrected chi connectivity index (χ3v) is 5.88. The largest absolute Gasteiger partial charge is 0.573 e. The molecule has 0 aliphatic carbocycles. The monoisotopic (exact) mass is 506 g/mol. The maximum absolute atomic E-state index is 13.0. The highest BCUT2D eigenvalue weighted by Crippen LogP contribution is 2.25. The first-order valence-corrected chi connectivity index (χ1v) is 11.1. The van der Waals surface area contributed by atoms with E-state index in [0.717, 1.165) is 23.5 Å². The van der Waals surface area contributed by atoms with Gasteiger partial charge in [-0.15, -0.1) is 23.4 Å². The van der Waals surface area contributed by atoms with Crippen LogP contribution in [0.15, 0.2) is 24.3 Å². The first kappa shape index (κ1) is 23.6. The van der Waals surface area contributed by atoms with Crippen LogP contribution in [0.4, 0.5) is 18.0 Å². The summed E-state index contributed by atoms with van der Waals surface area (Å²) in [6.45, 7) is 3.16. The van der Waals surface area contributed by atoms with E-state index in [1.54, 1.807) is 9.58 Å². The quantitative estimate of drug-likeness (QED) is 0.572. The van der Waals surface area contributed by atoms with E-state index in [9.17, 15) is 22.8 Å². The summed E-state index contributed by atoms with van der Waals surface area (Å²) in [4.78, 5) is 33.2. The van der Waals surface area contributed by atoms with Crippen molar-refractivity contribution in [3.63, 3.8) is 0 Å². The van der Waals surface area contributed by atoms with Gasteiger partial charge >= 0.3 is 12.5 Å². The fourth-order valence-corrected chi connectivity index (χ4v) is 4.15. The number of fused-ring (bicyclic) bond motifs is 2. The van der Waals surface area contributed by atoms with E-state index in [4.69, 9.17) is 4.74 Å². The molecule has 15 heteroatoms. The van der Waals surface area contributed by atoms with E-state index >= 15 is 0 Å². The minimum absolute atomic E-state index is 0.0759. The maximum Gasteiger partial charge on any atom is 0.573 e. The van der Waals surface area contributed by atoms with Crippen LogP contribution in [-0.4, -0.2) is 78.0 Å². The molecule has 0 fully saturated rings. The summed E-state index contributed by atoms with van der Waals surface area (Å²) in [5, 5.41) is 15.0. The lowest BCUT2D eigenvalue weighted by molar-refractivity contribution is -0.274. The molecule has 0 spiro atoms. The second-order valence-corrected chi connectivity index (χ2v) is 8.44. The van der Waals surface area contributed by atoms with Gasteiger partial charge in [0.25, 0.3) is 5.91 Å². The van der Waals surface area contributed by atoms with Crippen molar-refractivity contribution in [3.05, 3.63) is 47.3 Å². The molecule has 2 aliphatic heterocycles. The molecule has 2 aromatic heterocycles. The summed E-state index contributed by atoms with van der Waals surface area (Å²) in [7, 11) is 0. The number of nitrogens with zero attached hydrogens (tertiary/aromatic N) is 7. The molecule has 0 radical (unpaired) electrons. The van der Waals surface area contributed by atoms with E-state index in [2.05, 4.69) is 30.2 Å². The van der Waals surface area contributed by atoms with Crippen LogP contribution in [0.25, 0.3) is 0 Å². The lowest BCUT2D eigenvalue weighted by Crippen LogP contribution is -2.38. The minimum atomic E-state index is -4.81. The fraction of sp³-hybridized carbons (Fsp3) is 0.429. The van der Waals surface area contributed by atoms with Crippen molar-refractivity contribution in [2.45, 2.75) is 38.7 Å². The number of hydrogen-bond donors (Lipinski definition) is 1. The number of aromatic amines is 1. The molecular formula is C21H21F3N8O4. The average Bonchev–Trinajstić information content (AvgIpc) is 3.45. The molecule has 1 atom stereocenters. The summed E-state index contributed by atoms with van der Waals surface area (Å²) in [5.74, 6) is 0.00565. The molecule has 0 bridgehead atoms. The van der Waals surface area contributed by atoms with Crippen LogP contribution in [0, 0.1) is 0 Å². The number of carbonyl (C=O) groups is 2. The number of ether oxygens (including phenoxy) is 2. The van der Waals surface area contributed by atoms with Gasteiger partial charge in [0, 0.05) is 32.5 Å². The standard InChI is InChI=1S/C21H21F3N8O4/c1-12-10-31(20(34)35-13-2-4-14(5-3-13)36-21(22,23)24)9-7-17-25-18(28-32(12)17)19(33)30-8-6-15-16(11-30)27-29-26-15/h2-5,12H,6-11H2,1H3,(H,26,27,29). The summed E-state index contributed by atoms with van der Waals surface area (Å²) >= 11 is 0. The Morgan fingerprint density at radius 3 is 2.56 bits per heavy atom. The lowest BCUT2D eigenvalue weighted by atomic mass is 10.1. The van der Waals surface area contributed by atoms with Gasteiger partial charge in [0.15, 0.2) is 0 Å². The van der Waals surface area contributed by atoms with Gasteiger partial charge in [-0.05, 0) is 31.2 Å². The Morgan fingerprint density at radius 2 is 1.81 bits per heavy atom. The van der Waals surface area contributed by atoms with Gasteiger partial charge in [0.1, 0.15) is 23.0 Å². The summed E-state index contributed by atoms with van der Waals surface area (Å²) in [6, 6.07) is 4.26. The lowest BCUT2D eigenvalue weighted by Gasteiger charge is -2.24. The van der Waals surface area contributed by atoms with Gasteiger partial charge in [-0.3, -0.25) is 9.89 Å². The highest BCUT2D eigenvalue weighted by Gasteiger charge is 2.32. The van der Waals surface area contributed by atoms with Gasteiger partial charge in [-0.2, -0.15) is 0 Å². The van der Waals surface area contributed by atoms with E-state index in [1.807, 2.05) is 6.92 Å². The van der Waals surface area contributed by atoms with Crippen LogP contribution in [0.5, 0.6) is 11.5 Å². The zero-order valence-corrected chi connectivity index (χ0v) is 19.0. The first-order valence-electron chi connectivity index (χ1n) is 11.1. The van der Waals surface area contributed by atoms with E-state index < -0.39 is 18.2 Å². The topological polar surface area (TPSA) is 131 Å². The molecule has 36 heavy (non-hydrogen) atoms. The Hall–Kier alpha value is -4.17. The van der Waals surface area contributed by atoms with Gasteiger partial charge in [-0.1, -0.05) is 5.21 Å². The normalized spacial score (nSPS) is 17.7. The molecule has 4 heterocycles. The highest BCUT2D eigenvalue weighted by atomic mass is 19.4. The Bertz CT molecular complexity index is 1270. The van der Waals surface area contributed by atoms with Gasteiger partial charge in [0.2, 0.25) is 5.82 Å². The van der Waals surface area contributed by atoms with Crippen LogP contribution in [0.2, 0.25) is 0 Å². The van der Waals surface area contributed by atoms with E-state index in [1.165, 1.54) is 17.0 Å². The van der Waals surface area contributed by atoms with Crippen molar-refractivity contribution < 1.29 is 32.2 Å². The third kappa shape index (κ3) is 4.94. The van der Waals surface area contributed by atoms with Crippen molar-refractivity contribution >= 4 is 12.0 Å². The Labute approximate surface area is 202 Å². The molecule has 2 amide bonds. The van der Waals surface area contributed by atoms with E-state index in [-0.39, 0.29) is 36.6 Å². The first-order chi connectivity index (χ1) is 17.2. The van der Waals surface area contributed by atoms with Crippen molar-refractivity contribution in [2.24, 2.45) is 0 Å². The maximum atomic E-state index is 13.0. The van der Waals surface area contributed by atoms with Gasteiger partial charge < -0.3 is 19.3 Å². The minimum Gasteiger partial charge on any atom is -0.410 e. The van der Waals surface area contributed by atoms with Crippen LogP contribution in [0.1, 0.15) is 40.8 Å². The second kappa shape index (κ2) is 9.13. The zero-order valence-electron chi connectivity index (χ0n) is 19.0. The number of amides is 2. The predicted octanol–water partition coefficient (Wildman–Crippen LogP) is 2.11. The molecule has 12 nitrogen and oxygen atoms in total. The molecule has 1 aromatic carbocycles. The fourth-order valence-electron chi connectivity index (χ4n) is 4.15. The van der Waals surface area contributed by atoms with Crippen LogP contribution in [0.3, 0.4) is 0 Å². The molecule has 3 aromatic rings. The summed E-state index contributed by atoms with van der Waals surface area (Å²) in [5.41, 5.74) is 1.64. The van der Waals surface area contributed by atoms with Crippen LogP contribution in [-0.2, 0) is 19.4 Å². The van der Waals surface area contributed by atoms with Crippen LogP contribution >= 0.6 is 0 Å². The molecule has 190 valence electrons. The average molecular weight is 506 g/mol. The van der Waals surface area contributed by atoms with Crippen molar-refractivity contribution in [3.8, 4) is 11.5 Å². The van der Waals surface area contributed by atoms with Gasteiger partial charge in [-0.25, -0.2) is 14.5 Å². The molecular weight excluding hydrogens is 485 g/mol. The van der Waals surface area contributed by atoms with Crippen molar-refractivity contribution in [1.29, 1.82) is 0 Å². The number of nitrogens with one attached hydrogen (secondary N) is 1. The number of carbonyl (C=O) groups excluding carboxylic acids is 2. The molecule has 1 N–H and O–H groups in total. The van der Waals surface area contributed by atoms with Gasteiger partial charge in [0.05, 0.1) is 18.3 Å². The predicted molar refractivity (Wildman–Crippen MR) is 114 cm³/mol. The highest BCUT2D eigenvalue weighted by molar-refractivity contribution is 5.90.